The highest BCUT2D eigenvalue weighted by molar-refractivity contribution is 7.10. The number of thiophene rings is 1. The normalized spacial score (nSPS) is 27.9. The average Bonchev–Trinajstić information content (AvgIpc) is 3.02. The van der Waals surface area contributed by atoms with Crippen molar-refractivity contribution in [2.45, 2.75) is 18.4 Å². The number of amides is 1. The van der Waals surface area contributed by atoms with Gasteiger partial charge in [0.15, 0.2) is 0 Å². The smallest absolute Gasteiger partial charge is 0.228 e. The second-order valence-corrected chi connectivity index (χ2v) is 5.91. The van der Waals surface area contributed by atoms with Crippen molar-refractivity contribution in [2.24, 2.45) is 0 Å². The molecular formula is C13H17NO3S. The molecule has 3 heterocycles. The van der Waals surface area contributed by atoms with E-state index in [1.807, 2.05) is 22.4 Å². The summed E-state index contributed by atoms with van der Waals surface area (Å²) in [6, 6.07) is 4.00. The standard InChI is InChI=1S/C13H17NO3S/c15-12(8-11-2-1-7-18-11)14-4-6-17-10-13(14)3-5-16-9-13/h1-2,7H,3-6,8-10H2/t13-/m0/s1. The summed E-state index contributed by atoms with van der Waals surface area (Å²) in [5.41, 5.74) is -0.202. The van der Waals surface area contributed by atoms with Gasteiger partial charge in [0.25, 0.3) is 0 Å². The molecule has 5 heteroatoms. The summed E-state index contributed by atoms with van der Waals surface area (Å²) in [7, 11) is 0. The summed E-state index contributed by atoms with van der Waals surface area (Å²) in [6.07, 6.45) is 1.39. The Bertz CT molecular complexity index is 412. The van der Waals surface area contributed by atoms with Crippen molar-refractivity contribution in [3.63, 3.8) is 0 Å². The Kier molecular flexibility index (Phi) is 3.37. The van der Waals surface area contributed by atoms with E-state index in [2.05, 4.69) is 0 Å². The van der Waals surface area contributed by atoms with Crippen molar-refractivity contribution in [1.82, 2.24) is 4.90 Å². The van der Waals surface area contributed by atoms with Crippen LogP contribution in [0, 0.1) is 0 Å². The molecule has 2 aliphatic heterocycles. The molecule has 1 spiro atoms. The maximum atomic E-state index is 12.4. The summed E-state index contributed by atoms with van der Waals surface area (Å²) in [6.45, 7) is 3.28. The van der Waals surface area contributed by atoms with Crippen molar-refractivity contribution in [2.75, 3.05) is 33.0 Å². The first-order chi connectivity index (χ1) is 8.80. The molecule has 0 radical (unpaired) electrons. The molecular weight excluding hydrogens is 250 g/mol. The zero-order chi connectivity index (χ0) is 12.4. The number of nitrogens with zero attached hydrogens (tertiary/aromatic N) is 1. The van der Waals surface area contributed by atoms with Crippen molar-refractivity contribution in [1.29, 1.82) is 0 Å². The van der Waals surface area contributed by atoms with E-state index in [1.165, 1.54) is 0 Å². The zero-order valence-corrected chi connectivity index (χ0v) is 11.1. The van der Waals surface area contributed by atoms with E-state index in [0.717, 1.165) is 17.9 Å². The molecule has 0 unspecified atom stereocenters. The van der Waals surface area contributed by atoms with Crippen molar-refractivity contribution >= 4 is 17.2 Å². The Balaban J connectivity index is 1.74. The van der Waals surface area contributed by atoms with Gasteiger partial charge in [-0.15, -0.1) is 11.3 Å². The molecule has 2 saturated heterocycles. The minimum atomic E-state index is -0.202. The number of carbonyl (C=O) groups is 1. The lowest BCUT2D eigenvalue weighted by molar-refractivity contribution is -0.148. The van der Waals surface area contributed by atoms with Crippen LogP contribution >= 0.6 is 11.3 Å². The number of morpholine rings is 1. The van der Waals surface area contributed by atoms with Crippen LogP contribution in [0.1, 0.15) is 11.3 Å². The van der Waals surface area contributed by atoms with Gasteiger partial charge in [0, 0.05) is 18.0 Å². The minimum absolute atomic E-state index is 0.200. The molecule has 0 saturated carbocycles. The highest BCUT2D eigenvalue weighted by atomic mass is 32.1. The molecule has 0 aromatic carbocycles. The van der Waals surface area contributed by atoms with Crippen molar-refractivity contribution in [3.8, 4) is 0 Å². The van der Waals surface area contributed by atoms with Crippen LogP contribution in [0.3, 0.4) is 0 Å². The SMILES string of the molecule is O=C(Cc1cccs1)N1CCOC[C@@]12CCOC2. The quantitative estimate of drug-likeness (QED) is 0.811. The van der Waals surface area contributed by atoms with E-state index in [4.69, 9.17) is 9.47 Å². The highest BCUT2D eigenvalue weighted by Gasteiger charge is 2.45. The number of hydrogen-bond donors (Lipinski definition) is 0. The van der Waals surface area contributed by atoms with Gasteiger partial charge in [0.05, 0.1) is 31.8 Å². The Labute approximate surface area is 110 Å². The summed E-state index contributed by atoms with van der Waals surface area (Å²) < 4.78 is 11.0. The van der Waals surface area contributed by atoms with Gasteiger partial charge in [-0.05, 0) is 17.9 Å². The topological polar surface area (TPSA) is 38.8 Å². The minimum Gasteiger partial charge on any atom is -0.379 e. The fraction of sp³-hybridized carbons (Fsp3) is 0.615. The lowest BCUT2D eigenvalue weighted by Crippen LogP contribution is -2.60. The summed E-state index contributed by atoms with van der Waals surface area (Å²) in [5.74, 6) is 0.200. The molecule has 0 bridgehead atoms. The predicted molar refractivity (Wildman–Crippen MR) is 68.7 cm³/mol. The van der Waals surface area contributed by atoms with Crippen LogP contribution in [0.15, 0.2) is 17.5 Å². The van der Waals surface area contributed by atoms with Gasteiger partial charge in [0.1, 0.15) is 0 Å². The van der Waals surface area contributed by atoms with Gasteiger partial charge in [-0.25, -0.2) is 0 Å². The van der Waals surface area contributed by atoms with E-state index in [0.29, 0.717) is 32.8 Å². The molecule has 1 aromatic heterocycles. The Morgan fingerprint density at radius 3 is 2.94 bits per heavy atom. The summed E-state index contributed by atoms with van der Waals surface area (Å²) in [4.78, 5) is 15.6. The maximum Gasteiger partial charge on any atom is 0.228 e. The van der Waals surface area contributed by atoms with Crippen molar-refractivity contribution < 1.29 is 14.3 Å². The van der Waals surface area contributed by atoms with E-state index in [-0.39, 0.29) is 11.4 Å². The first kappa shape index (κ1) is 12.1. The maximum absolute atomic E-state index is 12.4. The van der Waals surface area contributed by atoms with E-state index >= 15 is 0 Å². The molecule has 4 nitrogen and oxygen atoms in total. The van der Waals surface area contributed by atoms with Crippen LogP contribution in [0.2, 0.25) is 0 Å². The van der Waals surface area contributed by atoms with Gasteiger partial charge in [0.2, 0.25) is 5.91 Å². The van der Waals surface area contributed by atoms with Crippen LogP contribution in [0.5, 0.6) is 0 Å². The molecule has 0 N–H and O–H groups in total. The number of rotatable bonds is 2. The van der Waals surface area contributed by atoms with Gasteiger partial charge in [-0.2, -0.15) is 0 Å². The first-order valence-corrected chi connectivity index (χ1v) is 7.16. The third kappa shape index (κ3) is 2.18. The van der Waals surface area contributed by atoms with Gasteiger partial charge < -0.3 is 14.4 Å². The molecule has 2 fully saturated rings. The van der Waals surface area contributed by atoms with Crippen LogP contribution in [0.25, 0.3) is 0 Å². The number of ether oxygens (including phenoxy) is 2. The lowest BCUT2D eigenvalue weighted by Gasteiger charge is -2.43. The Hall–Kier alpha value is -0.910. The molecule has 2 aliphatic rings. The third-order valence-electron chi connectivity index (χ3n) is 3.69. The highest BCUT2D eigenvalue weighted by Crippen LogP contribution is 2.30. The van der Waals surface area contributed by atoms with Crippen LogP contribution in [0.4, 0.5) is 0 Å². The van der Waals surface area contributed by atoms with E-state index in [1.54, 1.807) is 11.3 Å². The number of carbonyl (C=O) groups excluding carboxylic acids is 1. The van der Waals surface area contributed by atoms with Crippen LogP contribution < -0.4 is 0 Å². The zero-order valence-electron chi connectivity index (χ0n) is 10.3. The van der Waals surface area contributed by atoms with Crippen molar-refractivity contribution in [3.05, 3.63) is 22.4 Å². The lowest BCUT2D eigenvalue weighted by atomic mass is 9.95. The van der Waals surface area contributed by atoms with Gasteiger partial charge in [-0.1, -0.05) is 6.07 Å². The molecule has 0 aliphatic carbocycles. The predicted octanol–water partition coefficient (Wildman–Crippen LogP) is 1.31. The number of hydrogen-bond acceptors (Lipinski definition) is 4. The van der Waals surface area contributed by atoms with E-state index in [9.17, 15) is 4.79 Å². The second-order valence-electron chi connectivity index (χ2n) is 4.88. The monoisotopic (exact) mass is 267 g/mol. The summed E-state index contributed by atoms with van der Waals surface area (Å²) >= 11 is 1.64. The second kappa shape index (κ2) is 4.99. The van der Waals surface area contributed by atoms with Gasteiger partial charge >= 0.3 is 0 Å². The fourth-order valence-corrected chi connectivity index (χ4v) is 3.40. The Morgan fingerprint density at radius 1 is 1.39 bits per heavy atom. The molecule has 3 rings (SSSR count). The van der Waals surface area contributed by atoms with Crippen LogP contribution in [-0.2, 0) is 20.7 Å². The van der Waals surface area contributed by atoms with E-state index < -0.39 is 0 Å². The molecule has 18 heavy (non-hydrogen) atoms. The average molecular weight is 267 g/mol. The fourth-order valence-electron chi connectivity index (χ4n) is 2.70. The summed E-state index contributed by atoms with van der Waals surface area (Å²) in [5, 5.41) is 2.01. The first-order valence-electron chi connectivity index (χ1n) is 6.29. The van der Waals surface area contributed by atoms with Gasteiger partial charge in [-0.3, -0.25) is 4.79 Å². The largest absolute Gasteiger partial charge is 0.379 e. The Morgan fingerprint density at radius 2 is 2.22 bits per heavy atom. The molecule has 98 valence electrons. The van der Waals surface area contributed by atoms with Crippen LogP contribution in [-0.4, -0.2) is 49.3 Å². The molecule has 1 atom stereocenters. The molecule has 1 amide bonds. The third-order valence-corrected chi connectivity index (χ3v) is 4.57. The molecule has 1 aromatic rings.